The van der Waals surface area contributed by atoms with Crippen LogP contribution in [0.5, 0.6) is 11.5 Å². The molecule has 0 fully saturated rings. The summed E-state index contributed by atoms with van der Waals surface area (Å²) in [4.78, 5) is 4.94. The molecule has 0 saturated heterocycles. The third kappa shape index (κ3) is 8.97. The van der Waals surface area contributed by atoms with E-state index in [1.807, 2.05) is 75.4 Å². The van der Waals surface area contributed by atoms with Gasteiger partial charge in [-0.25, -0.2) is 0 Å². The van der Waals surface area contributed by atoms with Crippen molar-refractivity contribution in [3.05, 3.63) is 71.3 Å². The number of hydrogen-bond acceptors (Lipinski definition) is 5. The Morgan fingerprint density at radius 2 is 1.81 bits per heavy atom. The van der Waals surface area contributed by atoms with Gasteiger partial charge >= 0.3 is 0 Å². The van der Waals surface area contributed by atoms with Crippen LogP contribution in [-0.4, -0.2) is 41.7 Å². The van der Waals surface area contributed by atoms with Crippen LogP contribution in [0.3, 0.4) is 0 Å². The first-order chi connectivity index (χ1) is 15.0. The van der Waals surface area contributed by atoms with Gasteiger partial charge in [0.05, 0.1) is 18.1 Å². The molecule has 2 aromatic rings. The molecule has 0 amide bonds. The lowest BCUT2D eigenvalue weighted by atomic mass is 10.1. The minimum atomic E-state index is -1.02. The molecule has 31 heavy (non-hydrogen) atoms. The SMILES string of the molecule is C/C=C/COc1cc(C)c(OCCCS(=O)C/C(Cc2ccccc2)=N/OC)c(C)c1. The summed E-state index contributed by atoms with van der Waals surface area (Å²) in [7, 11) is 0.498. The fourth-order valence-corrected chi connectivity index (χ4v) is 4.30. The normalized spacial score (nSPS) is 12.7. The number of aryl methyl sites for hydroxylation is 2. The zero-order valence-corrected chi connectivity index (χ0v) is 19.7. The monoisotopic (exact) mass is 443 g/mol. The maximum absolute atomic E-state index is 12.5. The second-order valence-electron chi connectivity index (χ2n) is 7.26. The van der Waals surface area contributed by atoms with E-state index in [4.69, 9.17) is 14.3 Å². The highest BCUT2D eigenvalue weighted by atomic mass is 32.2. The summed E-state index contributed by atoms with van der Waals surface area (Å²) < 4.78 is 24.2. The molecular weight excluding hydrogens is 410 g/mol. The molecule has 0 radical (unpaired) electrons. The first-order valence-corrected chi connectivity index (χ1v) is 12.0. The van der Waals surface area contributed by atoms with Crippen molar-refractivity contribution in [3.63, 3.8) is 0 Å². The molecule has 0 N–H and O–H groups in total. The lowest BCUT2D eigenvalue weighted by Crippen LogP contribution is -2.17. The average molecular weight is 444 g/mol. The minimum Gasteiger partial charge on any atom is -0.493 e. The Labute approximate surface area is 188 Å². The Balaban J connectivity index is 1.80. The van der Waals surface area contributed by atoms with Crippen LogP contribution in [0.4, 0.5) is 0 Å². The quantitative estimate of drug-likeness (QED) is 0.189. The standard InChI is InChI=1S/C25H33NO4S/c1-5-6-13-29-24-16-20(2)25(21(3)17-24)30-14-10-15-31(27)19-23(26-28-4)18-22-11-8-7-9-12-22/h5-9,11-12,16-17H,10,13-15,18-19H2,1-4H3/b6-5+,26-23+. The highest BCUT2D eigenvalue weighted by Gasteiger charge is 2.10. The molecule has 0 aliphatic heterocycles. The van der Waals surface area contributed by atoms with Crippen LogP contribution in [-0.2, 0) is 22.1 Å². The maximum atomic E-state index is 12.5. The molecule has 2 rings (SSSR count). The summed E-state index contributed by atoms with van der Waals surface area (Å²) >= 11 is 0. The number of nitrogens with zero attached hydrogens (tertiary/aromatic N) is 1. The highest BCUT2D eigenvalue weighted by Crippen LogP contribution is 2.28. The van der Waals surface area contributed by atoms with Gasteiger partial charge in [0.2, 0.25) is 0 Å². The van der Waals surface area contributed by atoms with Crippen molar-refractivity contribution >= 4 is 16.5 Å². The Morgan fingerprint density at radius 1 is 1.10 bits per heavy atom. The van der Waals surface area contributed by atoms with Crippen LogP contribution >= 0.6 is 0 Å². The van der Waals surface area contributed by atoms with Gasteiger partial charge in [-0.15, -0.1) is 0 Å². The predicted molar refractivity (Wildman–Crippen MR) is 129 cm³/mol. The third-order valence-corrected chi connectivity index (χ3v) is 5.98. The van der Waals surface area contributed by atoms with Gasteiger partial charge in [0, 0.05) is 23.0 Å². The molecule has 6 heteroatoms. The molecule has 0 bridgehead atoms. The van der Waals surface area contributed by atoms with Gasteiger partial charge in [0.15, 0.2) is 0 Å². The minimum absolute atomic E-state index is 0.402. The van der Waals surface area contributed by atoms with Crippen LogP contribution in [0.15, 0.2) is 59.8 Å². The first-order valence-electron chi connectivity index (χ1n) is 10.5. The van der Waals surface area contributed by atoms with E-state index in [9.17, 15) is 4.21 Å². The molecule has 0 aromatic heterocycles. The second kappa shape index (κ2) is 13.7. The number of ether oxygens (including phenoxy) is 2. The fourth-order valence-electron chi connectivity index (χ4n) is 3.18. The van der Waals surface area contributed by atoms with E-state index in [0.29, 0.717) is 37.6 Å². The van der Waals surface area contributed by atoms with E-state index < -0.39 is 10.8 Å². The number of rotatable bonds is 13. The summed E-state index contributed by atoms with van der Waals surface area (Å²) in [5, 5.41) is 4.07. The van der Waals surface area contributed by atoms with Gasteiger partial charge in [0.1, 0.15) is 25.2 Å². The van der Waals surface area contributed by atoms with Crippen molar-refractivity contribution in [2.24, 2.45) is 5.16 Å². The average Bonchev–Trinajstić information content (AvgIpc) is 2.74. The molecule has 0 heterocycles. The third-order valence-electron chi connectivity index (χ3n) is 4.58. The summed E-state index contributed by atoms with van der Waals surface area (Å²) in [5.74, 6) is 2.67. The largest absolute Gasteiger partial charge is 0.493 e. The summed E-state index contributed by atoms with van der Waals surface area (Å²) in [6, 6.07) is 14.0. The van der Waals surface area contributed by atoms with Crippen molar-refractivity contribution in [3.8, 4) is 11.5 Å². The highest BCUT2D eigenvalue weighted by molar-refractivity contribution is 7.85. The first kappa shape index (κ1) is 24.7. The van der Waals surface area contributed by atoms with E-state index in [-0.39, 0.29) is 0 Å². The Hall–Kier alpha value is -2.60. The number of hydrogen-bond donors (Lipinski definition) is 0. The number of oxime groups is 1. The number of allylic oxidation sites excluding steroid dienone is 1. The molecule has 0 aliphatic carbocycles. The van der Waals surface area contributed by atoms with Crippen molar-refractivity contribution in [2.75, 3.05) is 31.8 Å². The lowest BCUT2D eigenvalue weighted by molar-refractivity contribution is 0.212. The molecule has 5 nitrogen and oxygen atoms in total. The van der Waals surface area contributed by atoms with Crippen molar-refractivity contribution < 1.29 is 18.5 Å². The van der Waals surface area contributed by atoms with Gasteiger partial charge in [-0.1, -0.05) is 47.6 Å². The smallest absolute Gasteiger partial charge is 0.125 e. The van der Waals surface area contributed by atoms with Gasteiger partial charge < -0.3 is 14.3 Å². The van der Waals surface area contributed by atoms with Crippen molar-refractivity contribution in [1.29, 1.82) is 0 Å². The summed E-state index contributed by atoms with van der Waals surface area (Å²) in [6.45, 7) is 7.07. The van der Waals surface area contributed by atoms with Crippen LogP contribution in [0.1, 0.15) is 30.0 Å². The van der Waals surface area contributed by atoms with E-state index in [2.05, 4.69) is 5.16 Å². The van der Waals surface area contributed by atoms with Gasteiger partial charge in [-0.3, -0.25) is 4.21 Å². The molecule has 2 aromatic carbocycles. The van der Waals surface area contributed by atoms with E-state index in [1.54, 1.807) is 0 Å². The summed E-state index contributed by atoms with van der Waals surface area (Å²) in [6.07, 6.45) is 5.28. The molecule has 0 spiro atoms. The second-order valence-corrected chi connectivity index (χ2v) is 8.84. The maximum Gasteiger partial charge on any atom is 0.125 e. The summed E-state index contributed by atoms with van der Waals surface area (Å²) in [5.41, 5.74) is 3.99. The van der Waals surface area contributed by atoms with Gasteiger partial charge in [-0.2, -0.15) is 0 Å². The molecule has 168 valence electrons. The van der Waals surface area contributed by atoms with Crippen LogP contribution in [0, 0.1) is 13.8 Å². The topological polar surface area (TPSA) is 57.1 Å². The Kier molecular flexibility index (Phi) is 10.9. The molecule has 0 saturated carbocycles. The van der Waals surface area contributed by atoms with E-state index >= 15 is 0 Å². The zero-order valence-electron chi connectivity index (χ0n) is 18.9. The molecule has 0 aliphatic rings. The van der Waals surface area contributed by atoms with Crippen LogP contribution in [0.25, 0.3) is 0 Å². The van der Waals surface area contributed by atoms with E-state index in [0.717, 1.165) is 33.9 Å². The van der Waals surface area contributed by atoms with Crippen LogP contribution in [0.2, 0.25) is 0 Å². The number of benzene rings is 2. The van der Waals surface area contributed by atoms with Gasteiger partial charge in [-0.05, 0) is 56.0 Å². The molecular formula is C25H33NO4S. The van der Waals surface area contributed by atoms with Crippen molar-refractivity contribution in [2.45, 2.75) is 33.6 Å². The molecule has 1 unspecified atom stereocenters. The Bertz CT molecular complexity index is 871. The lowest BCUT2D eigenvalue weighted by Gasteiger charge is -2.14. The zero-order chi connectivity index (χ0) is 22.5. The fraction of sp³-hybridized carbons (Fsp3) is 0.400. The predicted octanol–water partition coefficient (Wildman–Crippen LogP) is 5.02. The van der Waals surface area contributed by atoms with Crippen molar-refractivity contribution in [1.82, 2.24) is 0 Å². The van der Waals surface area contributed by atoms with E-state index in [1.165, 1.54) is 7.11 Å². The Morgan fingerprint density at radius 3 is 2.45 bits per heavy atom. The van der Waals surface area contributed by atoms with Crippen LogP contribution < -0.4 is 9.47 Å². The molecule has 1 atom stereocenters. The van der Waals surface area contributed by atoms with Gasteiger partial charge in [0.25, 0.3) is 0 Å².